The van der Waals surface area contributed by atoms with Crippen molar-refractivity contribution < 1.29 is 9.53 Å². The minimum absolute atomic E-state index is 0.0623. The van der Waals surface area contributed by atoms with Gasteiger partial charge >= 0.3 is 0 Å². The number of hydrogen-bond acceptors (Lipinski definition) is 4. The van der Waals surface area contributed by atoms with Gasteiger partial charge < -0.3 is 9.64 Å². The van der Waals surface area contributed by atoms with E-state index < -0.39 is 0 Å². The van der Waals surface area contributed by atoms with Crippen LogP contribution in [0, 0.1) is 0 Å². The van der Waals surface area contributed by atoms with Crippen LogP contribution in [0.5, 0.6) is 0 Å². The second-order valence-corrected chi connectivity index (χ2v) is 7.09. The van der Waals surface area contributed by atoms with Crippen molar-refractivity contribution in [3.8, 4) is 11.4 Å². The predicted octanol–water partition coefficient (Wildman–Crippen LogP) is 3.56. The van der Waals surface area contributed by atoms with Crippen LogP contribution in [0.1, 0.15) is 56.4 Å². The number of rotatable bonds is 6. The molecule has 1 aromatic carbocycles. The van der Waals surface area contributed by atoms with E-state index in [1.807, 2.05) is 33.8 Å². The lowest BCUT2D eigenvalue weighted by Crippen LogP contribution is -2.43. The highest BCUT2D eigenvalue weighted by Gasteiger charge is 2.25. The van der Waals surface area contributed by atoms with E-state index in [1.54, 1.807) is 6.33 Å². The number of aromatic nitrogens is 3. The molecule has 6 nitrogen and oxygen atoms in total. The standard InChI is InChI=1S/C20H28N4O2/c1-4-11-26-18-9-6-10-23(13-18)20(25)17-8-5-7-16(12-17)19-21-14-22-24(19)15(2)3/h5,7-8,12,14-15,18H,4,6,9-11,13H2,1-3H3/t18-/m0/s1. The Morgan fingerprint density at radius 3 is 3.00 bits per heavy atom. The minimum Gasteiger partial charge on any atom is -0.376 e. The third-order valence-electron chi connectivity index (χ3n) is 4.65. The molecule has 2 heterocycles. The summed E-state index contributed by atoms with van der Waals surface area (Å²) in [5.74, 6) is 0.852. The van der Waals surface area contributed by atoms with Crippen molar-refractivity contribution in [2.24, 2.45) is 0 Å². The molecule has 6 heteroatoms. The zero-order valence-corrected chi connectivity index (χ0v) is 15.9. The maximum absolute atomic E-state index is 13.0. The molecule has 0 unspecified atom stereocenters. The van der Waals surface area contributed by atoms with Gasteiger partial charge in [0.15, 0.2) is 5.82 Å². The van der Waals surface area contributed by atoms with E-state index in [0.29, 0.717) is 12.1 Å². The average Bonchev–Trinajstić information content (AvgIpc) is 3.16. The number of amides is 1. The van der Waals surface area contributed by atoms with Crippen LogP contribution in [-0.4, -0.2) is 51.4 Å². The second-order valence-electron chi connectivity index (χ2n) is 7.09. The lowest BCUT2D eigenvalue weighted by molar-refractivity contribution is 0.00211. The van der Waals surface area contributed by atoms with E-state index in [2.05, 4.69) is 30.9 Å². The van der Waals surface area contributed by atoms with Gasteiger partial charge in [0, 0.05) is 36.9 Å². The van der Waals surface area contributed by atoms with Gasteiger partial charge in [-0.05, 0) is 45.2 Å². The maximum atomic E-state index is 13.0. The fourth-order valence-electron chi connectivity index (χ4n) is 3.35. The van der Waals surface area contributed by atoms with Crippen molar-refractivity contribution in [2.45, 2.75) is 52.2 Å². The van der Waals surface area contributed by atoms with E-state index >= 15 is 0 Å². The number of carbonyl (C=O) groups is 1. The van der Waals surface area contributed by atoms with Gasteiger partial charge in [-0.2, -0.15) is 5.10 Å². The quantitative estimate of drug-likeness (QED) is 0.794. The van der Waals surface area contributed by atoms with Crippen LogP contribution in [-0.2, 0) is 4.74 Å². The largest absolute Gasteiger partial charge is 0.376 e. The summed E-state index contributed by atoms with van der Waals surface area (Å²) in [6, 6.07) is 7.89. The van der Waals surface area contributed by atoms with Crippen LogP contribution >= 0.6 is 0 Å². The highest BCUT2D eigenvalue weighted by atomic mass is 16.5. The molecule has 1 atom stereocenters. The van der Waals surface area contributed by atoms with Gasteiger partial charge in [0.25, 0.3) is 5.91 Å². The molecule has 2 aromatic rings. The van der Waals surface area contributed by atoms with Crippen molar-refractivity contribution in [1.29, 1.82) is 0 Å². The zero-order valence-electron chi connectivity index (χ0n) is 15.9. The van der Waals surface area contributed by atoms with E-state index in [0.717, 1.165) is 43.8 Å². The molecule has 1 amide bonds. The molecule has 1 aliphatic heterocycles. The molecule has 1 saturated heterocycles. The Morgan fingerprint density at radius 2 is 2.23 bits per heavy atom. The van der Waals surface area contributed by atoms with E-state index in [4.69, 9.17) is 4.74 Å². The summed E-state index contributed by atoms with van der Waals surface area (Å²) >= 11 is 0. The fourth-order valence-corrected chi connectivity index (χ4v) is 3.35. The Kier molecular flexibility index (Phi) is 6.04. The lowest BCUT2D eigenvalue weighted by Gasteiger charge is -2.32. The number of benzene rings is 1. The van der Waals surface area contributed by atoms with E-state index in [1.165, 1.54) is 0 Å². The van der Waals surface area contributed by atoms with Crippen LogP contribution in [0.15, 0.2) is 30.6 Å². The highest BCUT2D eigenvalue weighted by Crippen LogP contribution is 2.22. The normalized spacial score (nSPS) is 17.7. The smallest absolute Gasteiger partial charge is 0.253 e. The second kappa shape index (κ2) is 8.45. The molecular formula is C20H28N4O2. The molecule has 0 aliphatic carbocycles. The maximum Gasteiger partial charge on any atom is 0.253 e. The number of ether oxygens (including phenoxy) is 1. The Bertz CT molecular complexity index is 741. The third kappa shape index (κ3) is 4.12. The average molecular weight is 356 g/mol. The third-order valence-corrected chi connectivity index (χ3v) is 4.65. The molecule has 3 rings (SSSR count). The van der Waals surface area contributed by atoms with Gasteiger partial charge in [-0.15, -0.1) is 0 Å². The van der Waals surface area contributed by atoms with Gasteiger partial charge in [0.2, 0.25) is 0 Å². The molecule has 140 valence electrons. The highest BCUT2D eigenvalue weighted by molar-refractivity contribution is 5.95. The van der Waals surface area contributed by atoms with Crippen molar-refractivity contribution >= 4 is 5.91 Å². The zero-order chi connectivity index (χ0) is 18.5. The Balaban J connectivity index is 1.77. The van der Waals surface area contributed by atoms with Crippen LogP contribution < -0.4 is 0 Å². The molecule has 1 aliphatic rings. The monoisotopic (exact) mass is 356 g/mol. The topological polar surface area (TPSA) is 60.2 Å². The first-order chi connectivity index (χ1) is 12.6. The Labute approximate surface area is 155 Å². The van der Waals surface area contributed by atoms with Crippen molar-refractivity contribution in [3.63, 3.8) is 0 Å². The first-order valence-electron chi connectivity index (χ1n) is 9.51. The number of hydrogen-bond donors (Lipinski definition) is 0. The van der Waals surface area contributed by atoms with Crippen LogP contribution in [0.2, 0.25) is 0 Å². The first kappa shape index (κ1) is 18.6. The molecule has 1 fully saturated rings. The molecular weight excluding hydrogens is 328 g/mol. The van der Waals surface area contributed by atoms with Gasteiger partial charge in [-0.25, -0.2) is 9.67 Å². The van der Waals surface area contributed by atoms with E-state index in [-0.39, 0.29) is 18.1 Å². The molecule has 0 radical (unpaired) electrons. The Morgan fingerprint density at radius 1 is 1.38 bits per heavy atom. The number of piperidine rings is 1. The SMILES string of the molecule is CCCO[C@H]1CCCN(C(=O)c2cccc(-c3ncnn3C(C)C)c2)C1. The predicted molar refractivity (Wildman–Crippen MR) is 101 cm³/mol. The fraction of sp³-hybridized carbons (Fsp3) is 0.550. The van der Waals surface area contributed by atoms with Gasteiger partial charge in [-0.3, -0.25) is 4.79 Å². The molecule has 0 saturated carbocycles. The summed E-state index contributed by atoms with van der Waals surface area (Å²) in [5, 5.41) is 4.29. The molecule has 26 heavy (non-hydrogen) atoms. The summed E-state index contributed by atoms with van der Waals surface area (Å²) in [4.78, 5) is 19.3. The lowest BCUT2D eigenvalue weighted by atomic mass is 10.0. The summed E-state index contributed by atoms with van der Waals surface area (Å²) in [6.45, 7) is 8.46. The molecule has 0 bridgehead atoms. The molecule has 0 N–H and O–H groups in total. The summed E-state index contributed by atoms with van der Waals surface area (Å²) in [7, 11) is 0. The van der Waals surface area contributed by atoms with Crippen molar-refractivity contribution in [3.05, 3.63) is 36.2 Å². The molecule has 1 aromatic heterocycles. The number of likely N-dealkylation sites (tertiary alicyclic amines) is 1. The summed E-state index contributed by atoms with van der Waals surface area (Å²) < 4.78 is 7.73. The first-order valence-corrected chi connectivity index (χ1v) is 9.51. The van der Waals surface area contributed by atoms with Gasteiger partial charge in [0.1, 0.15) is 6.33 Å². The molecule has 0 spiro atoms. The summed E-state index contributed by atoms with van der Waals surface area (Å²) in [6.07, 6.45) is 4.73. The summed E-state index contributed by atoms with van der Waals surface area (Å²) in [5.41, 5.74) is 1.61. The number of nitrogens with zero attached hydrogens (tertiary/aromatic N) is 4. The van der Waals surface area contributed by atoms with Gasteiger partial charge in [-0.1, -0.05) is 19.1 Å². The van der Waals surface area contributed by atoms with Crippen LogP contribution in [0.3, 0.4) is 0 Å². The Hall–Kier alpha value is -2.21. The van der Waals surface area contributed by atoms with E-state index in [9.17, 15) is 4.79 Å². The minimum atomic E-state index is 0.0623. The van der Waals surface area contributed by atoms with Crippen LogP contribution in [0.4, 0.5) is 0 Å². The van der Waals surface area contributed by atoms with Crippen molar-refractivity contribution in [1.82, 2.24) is 19.7 Å². The van der Waals surface area contributed by atoms with Crippen molar-refractivity contribution in [2.75, 3.05) is 19.7 Å². The number of carbonyl (C=O) groups excluding carboxylic acids is 1. The van der Waals surface area contributed by atoms with Gasteiger partial charge in [0.05, 0.1) is 6.10 Å². The van der Waals surface area contributed by atoms with Crippen LogP contribution in [0.25, 0.3) is 11.4 Å².